The monoisotopic (exact) mass is 915 g/mol. The van der Waals surface area contributed by atoms with Crippen LogP contribution in [-0.4, -0.2) is 37.9 Å². The number of esters is 2. The van der Waals surface area contributed by atoms with Crippen molar-refractivity contribution in [1.82, 2.24) is 0 Å². The molecule has 5 nitrogen and oxygen atoms in total. The van der Waals surface area contributed by atoms with Gasteiger partial charge in [-0.2, -0.15) is 0 Å². The molecule has 0 aromatic rings. The Bertz CT molecular complexity index is 1310. The molecule has 0 aromatic carbocycles. The summed E-state index contributed by atoms with van der Waals surface area (Å²) in [6.07, 6.45) is 76.8. The van der Waals surface area contributed by atoms with Gasteiger partial charge in [-0.25, -0.2) is 0 Å². The van der Waals surface area contributed by atoms with Crippen LogP contribution in [0.25, 0.3) is 0 Å². The highest BCUT2D eigenvalue weighted by molar-refractivity contribution is 5.70. The molecule has 1 unspecified atom stereocenters. The van der Waals surface area contributed by atoms with Gasteiger partial charge in [0.25, 0.3) is 0 Å². The summed E-state index contributed by atoms with van der Waals surface area (Å²) in [6, 6.07) is 0. The first kappa shape index (κ1) is 62.6. The van der Waals surface area contributed by atoms with Gasteiger partial charge in [-0.15, -0.1) is 0 Å². The number of hydrogen-bond acceptors (Lipinski definition) is 5. The van der Waals surface area contributed by atoms with Crippen LogP contribution in [0, 0.1) is 0 Å². The van der Waals surface area contributed by atoms with Gasteiger partial charge in [-0.05, 0) is 122 Å². The second-order valence-corrected chi connectivity index (χ2v) is 17.7. The lowest BCUT2D eigenvalue weighted by atomic mass is 10.1. The van der Waals surface area contributed by atoms with Gasteiger partial charge in [0.2, 0.25) is 0 Å². The van der Waals surface area contributed by atoms with Crippen LogP contribution in [0.4, 0.5) is 0 Å². The van der Waals surface area contributed by atoms with E-state index in [1.54, 1.807) is 0 Å². The van der Waals surface area contributed by atoms with Gasteiger partial charge in [0.1, 0.15) is 6.61 Å². The molecule has 0 N–H and O–H groups in total. The second kappa shape index (κ2) is 55.9. The first-order valence-electron chi connectivity index (χ1n) is 27.4. The lowest BCUT2D eigenvalue weighted by Crippen LogP contribution is -2.30. The van der Waals surface area contributed by atoms with Gasteiger partial charge < -0.3 is 14.2 Å². The molecule has 0 spiro atoms. The predicted molar refractivity (Wildman–Crippen MR) is 288 cm³/mol. The van der Waals surface area contributed by atoms with E-state index in [-0.39, 0.29) is 25.2 Å². The van der Waals surface area contributed by atoms with Crippen molar-refractivity contribution >= 4 is 11.9 Å². The van der Waals surface area contributed by atoms with Gasteiger partial charge in [0, 0.05) is 19.4 Å². The van der Waals surface area contributed by atoms with Gasteiger partial charge in [-0.1, -0.05) is 214 Å². The van der Waals surface area contributed by atoms with Crippen LogP contribution in [0.15, 0.2) is 109 Å². The summed E-state index contributed by atoms with van der Waals surface area (Å²) in [4.78, 5) is 25.5. The minimum Gasteiger partial charge on any atom is -0.462 e. The van der Waals surface area contributed by atoms with E-state index in [1.165, 1.54) is 96.3 Å². The molecule has 0 saturated heterocycles. The molecule has 0 fully saturated rings. The van der Waals surface area contributed by atoms with Crippen LogP contribution in [-0.2, 0) is 23.8 Å². The van der Waals surface area contributed by atoms with Crippen LogP contribution in [0.2, 0.25) is 0 Å². The Labute approximate surface area is 408 Å². The van der Waals surface area contributed by atoms with Crippen LogP contribution in [0.5, 0.6) is 0 Å². The summed E-state index contributed by atoms with van der Waals surface area (Å²) in [6.45, 7) is 7.51. The summed E-state index contributed by atoms with van der Waals surface area (Å²) in [5.41, 5.74) is 0. The number of allylic oxidation sites excluding steroid dienone is 18. The smallest absolute Gasteiger partial charge is 0.306 e. The number of rotatable bonds is 49. The Morgan fingerprint density at radius 1 is 0.348 bits per heavy atom. The van der Waals surface area contributed by atoms with E-state index in [9.17, 15) is 9.59 Å². The molecule has 0 radical (unpaired) electrons. The molecular weight excluding hydrogens is 813 g/mol. The van der Waals surface area contributed by atoms with Crippen molar-refractivity contribution in [3.05, 3.63) is 109 Å². The maximum atomic E-state index is 12.8. The topological polar surface area (TPSA) is 61.8 Å². The lowest BCUT2D eigenvalue weighted by molar-refractivity contribution is -0.163. The van der Waals surface area contributed by atoms with Crippen molar-refractivity contribution in [2.24, 2.45) is 0 Å². The first-order valence-corrected chi connectivity index (χ1v) is 27.4. The highest BCUT2D eigenvalue weighted by atomic mass is 16.6. The van der Waals surface area contributed by atoms with E-state index in [1.807, 2.05) is 0 Å². The molecule has 1 atom stereocenters. The molecule has 0 aromatic heterocycles. The predicted octanol–water partition coefficient (Wildman–Crippen LogP) is 18.8. The largest absolute Gasteiger partial charge is 0.462 e. The SMILES string of the molecule is CC/C=C\C/C=C\C/C=C\C/C=C\CCCCCCCOCC(COC(=O)CCCCCCCCC/C=C\CCCCCCCC)OC(=O)CCCC/C=C\C/C=C\C/C=C\C/C=C\CC. The van der Waals surface area contributed by atoms with Gasteiger partial charge in [0.15, 0.2) is 6.10 Å². The Kier molecular flexibility index (Phi) is 53.0. The van der Waals surface area contributed by atoms with Crippen LogP contribution in [0.3, 0.4) is 0 Å². The summed E-state index contributed by atoms with van der Waals surface area (Å²) < 4.78 is 17.4. The van der Waals surface area contributed by atoms with E-state index in [4.69, 9.17) is 14.2 Å². The van der Waals surface area contributed by atoms with Gasteiger partial charge in [-0.3, -0.25) is 9.59 Å². The first-order chi connectivity index (χ1) is 32.6. The molecule has 0 aliphatic carbocycles. The van der Waals surface area contributed by atoms with E-state index in [0.717, 1.165) is 109 Å². The molecule has 0 amide bonds. The molecule has 66 heavy (non-hydrogen) atoms. The highest BCUT2D eigenvalue weighted by Crippen LogP contribution is 2.13. The van der Waals surface area contributed by atoms with Crippen molar-refractivity contribution in [2.45, 2.75) is 245 Å². The maximum absolute atomic E-state index is 12.8. The maximum Gasteiger partial charge on any atom is 0.306 e. The summed E-state index contributed by atoms with van der Waals surface area (Å²) in [7, 11) is 0. The van der Waals surface area contributed by atoms with E-state index < -0.39 is 6.10 Å². The fraction of sp³-hybridized carbons (Fsp3) is 0.672. The number of carbonyl (C=O) groups excluding carboxylic acids is 2. The molecule has 376 valence electrons. The Morgan fingerprint density at radius 3 is 1.14 bits per heavy atom. The number of carbonyl (C=O) groups is 2. The van der Waals surface area contributed by atoms with Crippen molar-refractivity contribution in [3.63, 3.8) is 0 Å². The average molecular weight is 915 g/mol. The number of ether oxygens (including phenoxy) is 3. The summed E-state index contributed by atoms with van der Waals surface area (Å²) >= 11 is 0. The minimum atomic E-state index is -0.577. The van der Waals surface area contributed by atoms with Crippen LogP contribution < -0.4 is 0 Å². The Hall–Kier alpha value is -3.44. The number of hydrogen-bond donors (Lipinski definition) is 0. The molecule has 0 bridgehead atoms. The second-order valence-electron chi connectivity index (χ2n) is 17.7. The average Bonchev–Trinajstić information content (AvgIpc) is 3.32. The van der Waals surface area contributed by atoms with Crippen molar-refractivity contribution in [2.75, 3.05) is 19.8 Å². The van der Waals surface area contributed by atoms with E-state index in [2.05, 4.69) is 130 Å². The molecule has 0 saturated carbocycles. The van der Waals surface area contributed by atoms with E-state index in [0.29, 0.717) is 19.4 Å². The van der Waals surface area contributed by atoms with Crippen molar-refractivity contribution in [3.8, 4) is 0 Å². The summed E-state index contributed by atoms with van der Waals surface area (Å²) in [5, 5.41) is 0. The van der Waals surface area contributed by atoms with Crippen molar-refractivity contribution < 1.29 is 23.8 Å². The van der Waals surface area contributed by atoms with Crippen LogP contribution in [0.1, 0.15) is 239 Å². The molecule has 5 heteroatoms. The molecule has 0 aliphatic rings. The molecule has 0 aliphatic heterocycles. The number of unbranched alkanes of at least 4 members (excludes halogenated alkanes) is 20. The third-order valence-corrected chi connectivity index (χ3v) is 11.3. The third kappa shape index (κ3) is 53.2. The fourth-order valence-corrected chi connectivity index (χ4v) is 7.25. The zero-order valence-corrected chi connectivity index (χ0v) is 43.2. The normalized spacial score (nSPS) is 13.1. The summed E-state index contributed by atoms with van der Waals surface area (Å²) in [5.74, 6) is -0.464. The minimum absolute atomic E-state index is 0.0528. The lowest BCUT2D eigenvalue weighted by Gasteiger charge is -2.18. The Balaban J connectivity index is 4.39. The Morgan fingerprint density at radius 2 is 0.682 bits per heavy atom. The zero-order chi connectivity index (χ0) is 47.7. The van der Waals surface area contributed by atoms with Crippen molar-refractivity contribution in [1.29, 1.82) is 0 Å². The van der Waals surface area contributed by atoms with Gasteiger partial charge >= 0.3 is 11.9 Å². The van der Waals surface area contributed by atoms with Crippen LogP contribution >= 0.6 is 0 Å². The fourth-order valence-electron chi connectivity index (χ4n) is 7.25. The standard InChI is InChI=1S/C61H102O5/c1-4-7-10-13-16-19-22-25-28-30-32-35-38-41-44-47-50-53-56-64-57-59(66-61(63)55-52-49-46-43-40-37-33-27-24-21-18-15-12-9-6-3)58-65-60(62)54-51-48-45-42-39-36-34-31-29-26-23-20-17-14-11-8-5-2/h7,9-10,12,16,18-19,21,25-29,32-33,35,40,43,59H,4-6,8,11,13-15,17,20,22-24,30-31,34,36-39,41-42,44-58H2,1-3H3/b10-7-,12-9-,19-16-,21-18-,28-25-,29-26-,33-27-,35-32-,43-40-. The van der Waals surface area contributed by atoms with E-state index >= 15 is 0 Å². The zero-order valence-electron chi connectivity index (χ0n) is 43.2. The quantitative estimate of drug-likeness (QED) is 0.0346. The highest BCUT2D eigenvalue weighted by Gasteiger charge is 2.17. The molecule has 0 heterocycles. The molecule has 0 rings (SSSR count). The van der Waals surface area contributed by atoms with Gasteiger partial charge in [0.05, 0.1) is 6.61 Å². The third-order valence-electron chi connectivity index (χ3n) is 11.3. The molecular formula is C61H102O5.